The van der Waals surface area contributed by atoms with E-state index in [-0.39, 0.29) is 5.91 Å². The van der Waals surface area contributed by atoms with Gasteiger partial charge in [0.15, 0.2) is 0 Å². The van der Waals surface area contributed by atoms with Gasteiger partial charge in [-0.15, -0.1) is 0 Å². The second-order valence-corrected chi connectivity index (χ2v) is 9.11. The van der Waals surface area contributed by atoms with E-state index >= 15 is 0 Å². The van der Waals surface area contributed by atoms with Crippen LogP contribution in [0.1, 0.15) is 47.3 Å². The van der Waals surface area contributed by atoms with Gasteiger partial charge in [-0.3, -0.25) is 9.69 Å². The lowest BCUT2D eigenvalue weighted by atomic mass is 10.0. The Hall–Kier alpha value is -2.51. The standard InChI is InChI=1S/C24H33N5O2/c1-19-14-22(26-18-25-19)29-13-10-24(31,17-29)16-27(2)23(30)21-8-6-20(7-9-21)15-28-11-4-3-5-12-28/h6-9,14,18,31H,3-5,10-13,15-17H2,1-2H3/t24-/m1/s1. The van der Waals surface area contributed by atoms with Gasteiger partial charge in [-0.2, -0.15) is 0 Å². The van der Waals surface area contributed by atoms with E-state index in [4.69, 9.17) is 0 Å². The molecule has 4 rings (SSSR count). The summed E-state index contributed by atoms with van der Waals surface area (Å²) < 4.78 is 0. The Morgan fingerprint density at radius 2 is 1.87 bits per heavy atom. The van der Waals surface area contributed by atoms with Gasteiger partial charge in [0.05, 0.1) is 6.54 Å². The Bertz CT molecular complexity index is 897. The molecule has 3 heterocycles. The molecule has 2 saturated heterocycles. The third-order valence-electron chi connectivity index (χ3n) is 6.38. The van der Waals surface area contributed by atoms with Gasteiger partial charge >= 0.3 is 0 Å². The summed E-state index contributed by atoms with van der Waals surface area (Å²) in [6.07, 6.45) is 6.03. The highest BCUT2D eigenvalue weighted by Crippen LogP contribution is 2.26. The molecule has 0 bridgehead atoms. The first kappa shape index (κ1) is 21.7. The predicted octanol–water partition coefficient (Wildman–Crippen LogP) is 2.48. The number of piperidine rings is 1. The lowest BCUT2D eigenvalue weighted by Crippen LogP contribution is -2.46. The Morgan fingerprint density at radius 1 is 1.13 bits per heavy atom. The molecule has 2 aromatic rings. The number of aryl methyl sites for hydroxylation is 1. The number of rotatable bonds is 6. The molecule has 166 valence electrons. The average molecular weight is 424 g/mol. The van der Waals surface area contributed by atoms with Crippen molar-refractivity contribution in [2.75, 3.05) is 44.7 Å². The van der Waals surface area contributed by atoms with Crippen LogP contribution in [0.3, 0.4) is 0 Å². The fourth-order valence-electron chi connectivity index (χ4n) is 4.66. The SMILES string of the molecule is Cc1cc(N2CC[C@@](O)(CN(C)C(=O)c3ccc(CN4CCCCC4)cc3)C2)ncn1. The number of nitrogens with zero attached hydrogens (tertiary/aromatic N) is 5. The average Bonchev–Trinajstić information content (AvgIpc) is 3.16. The number of aliphatic hydroxyl groups is 1. The molecule has 2 aliphatic heterocycles. The van der Waals surface area contributed by atoms with E-state index in [1.165, 1.54) is 24.8 Å². The first-order valence-electron chi connectivity index (χ1n) is 11.2. The van der Waals surface area contributed by atoms with Gasteiger partial charge in [-0.1, -0.05) is 18.6 Å². The van der Waals surface area contributed by atoms with Gasteiger partial charge in [-0.25, -0.2) is 9.97 Å². The third-order valence-corrected chi connectivity index (χ3v) is 6.38. The molecule has 0 unspecified atom stereocenters. The van der Waals surface area contributed by atoms with Crippen molar-refractivity contribution in [3.8, 4) is 0 Å². The molecule has 0 aliphatic carbocycles. The van der Waals surface area contributed by atoms with E-state index in [2.05, 4.69) is 31.9 Å². The van der Waals surface area contributed by atoms with Crippen molar-refractivity contribution < 1.29 is 9.90 Å². The predicted molar refractivity (Wildman–Crippen MR) is 121 cm³/mol. The zero-order valence-corrected chi connectivity index (χ0v) is 18.6. The third kappa shape index (κ3) is 5.40. The van der Waals surface area contributed by atoms with E-state index in [1.54, 1.807) is 18.3 Å². The Balaban J connectivity index is 1.33. The summed E-state index contributed by atoms with van der Waals surface area (Å²) in [6, 6.07) is 9.85. The maximum Gasteiger partial charge on any atom is 0.253 e. The topological polar surface area (TPSA) is 72.8 Å². The molecule has 1 aromatic heterocycles. The molecule has 1 N–H and O–H groups in total. The summed E-state index contributed by atoms with van der Waals surface area (Å²) in [5.74, 6) is 0.760. The molecule has 1 aromatic carbocycles. The number of hydrogen-bond donors (Lipinski definition) is 1. The fraction of sp³-hybridized carbons (Fsp3) is 0.542. The second kappa shape index (κ2) is 9.32. The van der Waals surface area contributed by atoms with E-state index in [0.717, 1.165) is 31.1 Å². The molecule has 31 heavy (non-hydrogen) atoms. The maximum absolute atomic E-state index is 12.9. The minimum atomic E-state index is -0.947. The first-order chi connectivity index (χ1) is 14.9. The van der Waals surface area contributed by atoms with Gasteiger partial charge in [0.2, 0.25) is 0 Å². The first-order valence-corrected chi connectivity index (χ1v) is 11.2. The van der Waals surface area contributed by atoms with Crippen molar-refractivity contribution >= 4 is 11.7 Å². The Kier molecular flexibility index (Phi) is 6.53. The van der Waals surface area contributed by atoms with Gasteiger partial charge in [-0.05, 0) is 57.0 Å². The molecule has 7 nitrogen and oxygen atoms in total. The number of likely N-dealkylation sites (tertiary alicyclic amines) is 1. The quantitative estimate of drug-likeness (QED) is 0.770. The van der Waals surface area contributed by atoms with Crippen LogP contribution in [-0.4, -0.2) is 76.2 Å². The maximum atomic E-state index is 12.9. The van der Waals surface area contributed by atoms with Crippen molar-refractivity contribution in [2.45, 2.75) is 44.8 Å². The number of likely N-dealkylation sites (N-methyl/N-ethyl adjacent to an activating group) is 1. The number of amides is 1. The number of β-amino-alcohol motifs (C(OH)–C–C–N with tert-alkyl or cyclic N) is 1. The van der Waals surface area contributed by atoms with Crippen LogP contribution in [0.5, 0.6) is 0 Å². The van der Waals surface area contributed by atoms with Crippen LogP contribution in [-0.2, 0) is 6.54 Å². The lowest BCUT2D eigenvalue weighted by molar-refractivity contribution is 0.0264. The number of aromatic nitrogens is 2. The van der Waals surface area contributed by atoms with E-state index in [0.29, 0.717) is 31.6 Å². The molecule has 1 atom stereocenters. The summed E-state index contributed by atoms with van der Waals surface area (Å²) in [5, 5.41) is 11.1. The van der Waals surface area contributed by atoms with Crippen molar-refractivity contribution in [1.29, 1.82) is 0 Å². The van der Waals surface area contributed by atoms with Gasteiger partial charge in [0.1, 0.15) is 17.7 Å². The highest BCUT2D eigenvalue weighted by molar-refractivity contribution is 5.94. The largest absolute Gasteiger partial charge is 0.386 e. The summed E-state index contributed by atoms with van der Waals surface area (Å²) in [4.78, 5) is 27.6. The van der Waals surface area contributed by atoms with Crippen molar-refractivity contribution in [2.24, 2.45) is 0 Å². The normalized spacial score (nSPS) is 22.0. The molecule has 7 heteroatoms. The number of carbonyl (C=O) groups excluding carboxylic acids is 1. The molecule has 2 aliphatic rings. The van der Waals surface area contributed by atoms with Crippen molar-refractivity contribution in [3.63, 3.8) is 0 Å². The van der Waals surface area contributed by atoms with Crippen molar-refractivity contribution in [1.82, 2.24) is 19.8 Å². The van der Waals surface area contributed by atoms with Crippen LogP contribution in [0.4, 0.5) is 5.82 Å². The molecule has 0 radical (unpaired) electrons. The number of anilines is 1. The van der Waals surface area contributed by atoms with Crippen LogP contribution in [0.2, 0.25) is 0 Å². The van der Waals surface area contributed by atoms with Crippen LogP contribution >= 0.6 is 0 Å². The van der Waals surface area contributed by atoms with Crippen LogP contribution < -0.4 is 4.90 Å². The molecule has 1 amide bonds. The van der Waals surface area contributed by atoms with Crippen molar-refractivity contribution in [3.05, 3.63) is 53.5 Å². The number of carbonyl (C=O) groups is 1. The van der Waals surface area contributed by atoms with Gasteiger partial charge in [0.25, 0.3) is 5.91 Å². The molecule has 0 spiro atoms. The smallest absolute Gasteiger partial charge is 0.253 e. The van der Waals surface area contributed by atoms with Gasteiger partial charge in [0, 0.05) is 44.0 Å². The highest BCUT2D eigenvalue weighted by atomic mass is 16.3. The highest BCUT2D eigenvalue weighted by Gasteiger charge is 2.38. The number of hydrogen-bond acceptors (Lipinski definition) is 6. The fourth-order valence-corrected chi connectivity index (χ4v) is 4.66. The lowest BCUT2D eigenvalue weighted by Gasteiger charge is -2.29. The molecule has 0 saturated carbocycles. The Morgan fingerprint density at radius 3 is 2.58 bits per heavy atom. The van der Waals surface area contributed by atoms with Crippen LogP contribution in [0, 0.1) is 6.92 Å². The summed E-state index contributed by atoms with van der Waals surface area (Å²) in [7, 11) is 1.76. The summed E-state index contributed by atoms with van der Waals surface area (Å²) in [5.41, 5.74) is 1.86. The summed E-state index contributed by atoms with van der Waals surface area (Å²) in [6.45, 7) is 6.65. The monoisotopic (exact) mass is 423 g/mol. The molecular weight excluding hydrogens is 390 g/mol. The van der Waals surface area contributed by atoms with E-state index < -0.39 is 5.60 Å². The van der Waals surface area contributed by atoms with E-state index in [1.807, 2.05) is 25.1 Å². The van der Waals surface area contributed by atoms with Crippen LogP contribution in [0.15, 0.2) is 36.7 Å². The minimum Gasteiger partial charge on any atom is -0.386 e. The number of benzene rings is 1. The van der Waals surface area contributed by atoms with Crippen LogP contribution in [0.25, 0.3) is 0 Å². The second-order valence-electron chi connectivity index (χ2n) is 9.11. The molecule has 2 fully saturated rings. The Labute approximate surface area is 184 Å². The zero-order chi connectivity index (χ0) is 21.8. The van der Waals surface area contributed by atoms with E-state index in [9.17, 15) is 9.90 Å². The van der Waals surface area contributed by atoms with Gasteiger partial charge < -0.3 is 14.9 Å². The minimum absolute atomic E-state index is 0.0609. The zero-order valence-electron chi connectivity index (χ0n) is 18.6. The summed E-state index contributed by atoms with van der Waals surface area (Å²) >= 11 is 0. The molecular formula is C24H33N5O2.